The van der Waals surface area contributed by atoms with Gasteiger partial charge in [-0.3, -0.25) is 9.69 Å². The first-order valence-corrected chi connectivity index (χ1v) is 8.67. The van der Waals surface area contributed by atoms with Crippen LogP contribution in [0.4, 0.5) is 10.5 Å². The standard InChI is InChI=1S/C20H22N2O5/c1-26-17-9-7-15(8-10-17)21-19(24)18-11-16(23)12-22(18)20(25)27-13-14-5-3-2-4-6-14/h2-10,16,18,23H,11-13H2,1H3,(H,21,24)/t16-,18+/m0/s1. The number of anilines is 1. The number of carbonyl (C=O) groups excluding carboxylic acids is 2. The van der Waals surface area contributed by atoms with Crippen LogP contribution in [0.3, 0.4) is 0 Å². The van der Waals surface area contributed by atoms with Gasteiger partial charge in [-0.25, -0.2) is 4.79 Å². The van der Waals surface area contributed by atoms with Gasteiger partial charge in [-0.2, -0.15) is 0 Å². The third kappa shape index (κ3) is 4.77. The Morgan fingerprint density at radius 3 is 2.52 bits per heavy atom. The van der Waals surface area contributed by atoms with Gasteiger partial charge in [-0.05, 0) is 29.8 Å². The molecule has 2 atom stereocenters. The molecule has 0 saturated carbocycles. The number of aliphatic hydroxyl groups excluding tert-OH is 1. The van der Waals surface area contributed by atoms with Gasteiger partial charge < -0.3 is 19.9 Å². The van der Waals surface area contributed by atoms with Crippen molar-refractivity contribution < 1.29 is 24.2 Å². The minimum absolute atomic E-state index is 0.0638. The van der Waals surface area contributed by atoms with Crippen LogP contribution < -0.4 is 10.1 Å². The van der Waals surface area contributed by atoms with Gasteiger partial charge in [0.1, 0.15) is 18.4 Å². The Bertz CT molecular complexity index is 779. The van der Waals surface area contributed by atoms with Gasteiger partial charge in [0, 0.05) is 12.1 Å². The number of hydrogen-bond donors (Lipinski definition) is 2. The highest BCUT2D eigenvalue weighted by Crippen LogP contribution is 2.22. The number of hydrogen-bond acceptors (Lipinski definition) is 5. The molecular formula is C20H22N2O5. The van der Waals surface area contributed by atoms with Crippen LogP contribution in [-0.4, -0.2) is 47.8 Å². The first-order chi connectivity index (χ1) is 13.1. The number of rotatable bonds is 5. The number of likely N-dealkylation sites (tertiary alicyclic amines) is 1. The van der Waals surface area contributed by atoms with E-state index in [1.54, 1.807) is 31.4 Å². The highest BCUT2D eigenvalue weighted by Gasteiger charge is 2.39. The van der Waals surface area contributed by atoms with Crippen LogP contribution in [0.1, 0.15) is 12.0 Å². The Morgan fingerprint density at radius 2 is 1.85 bits per heavy atom. The molecule has 0 radical (unpaired) electrons. The second kappa shape index (κ2) is 8.55. The van der Waals surface area contributed by atoms with Gasteiger partial charge in [-0.15, -0.1) is 0 Å². The number of amides is 2. The average molecular weight is 370 g/mol. The molecule has 0 bridgehead atoms. The Balaban J connectivity index is 1.61. The molecule has 2 amide bonds. The van der Waals surface area contributed by atoms with Crippen LogP contribution in [0.2, 0.25) is 0 Å². The summed E-state index contributed by atoms with van der Waals surface area (Å²) in [5, 5.41) is 12.7. The molecule has 7 heteroatoms. The Kier molecular flexibility index (Phi) is 5.93. The molecule has 2 aromatic carbocycles. The highest BCUT2D eigenvalue weighted by molar-refractivity contribution is 5.97. The second-order valence-electron chi connectivity index (χ2n) is 6.32. The molecule has 0 aliphatic carbocycles. The van der Waals surface area contributed by atoms with Crippen LogP contribution in [-0.2, 0) is 16.1 Å². The smallest absolute Gasteiger partial charge is 0.410 e. The summed E-state index contributed by atoms with van der Waals surface area (Å²) in [4.78, 5) is 26.3. The van der Waals surface area contributed by atoms with Crippen LogP contribution >= 0.6 is 0 Å². The van der Waals surface area contributed by atoms with Crippen LogP contribution in [0, 0.1) is 0 Å². The van der Waals surface area contributed by atoms with E-state index in [4.69, 9.17) is 9.47 Å². The maximum Gasteiger partial charge on any atom is 0.410 e. The lowest BCUT2D eigenvalue weighted by Crippen LogP contribution is -2.43. The van der Waals surface area contributed by atoms with Gasteiger partial charge in [0.25, 0.3) is 0 Å². The van der Waals surface area contributed by atoms with Gasteiger partial charge >= 0.3 is 6.09 Å². The summed E-state index contributed by atoms with van der Waals surface area (Å²) in [5.74, 6) is 0.309. The number of nitrogens with zero attached hydrogens (tertiary/aromatic N) is 1. The van der Waals surface area contributed by atoms with Crippen molar-refractivity contribution in [2.45, 2.75) is 25.2 Å². The molecule has 142 valence electrons. The first kappa shape index (κ1) is 18.7. The van der Waals surface area contributed by atoms with Gasteiger partial charge in [0.05, 0.1) is 19.8 Å². The zero-order chi connectivity index (χ0) is 19.2. The normalized spacial score (nSPS) is 18.8. The fourth-order valence-corrected chi connectivity index (χ4v) is 2.97. The molecule has 0 unspecified atom stereocenters. The fraction of sp³-hybridized carbons (Fsp3) is 0.300. The zero-order valence-electron chi connectivity index (χ0n) is 15.0. The molecule has 1 heterocycles. The van der Waals surface area contributed by atoms with E-state index in [2.05, 4.69) is 5.32 Å². The first-order valence-electron chi connectivity index (χ1n) is 8.67. The summed E-state index contributed by atoms with van der Waals surface area (Å²) < 4.78 is 10.4. The fourth-order valence-electron chi connectivity index (χ4n) is 2.97. The van der Waals surface area contributed by atoms with E-state index in [9.17, 15) is 14.7 Å². The zero-order valence-corrected chi connectivity index (χ0v) is 15.0. The molecule has 3 rings (SSSR count). The van der Waals surface area contributed by atoms with E-state index >= 15 is 0 Å². The summed E-state index contributed by atoms with van der Waals surface area (Å²) in [6.45, 7) is 0.174. The number of ether oxygens (including phenoxy) is 2. The lowest BCUT2D eigenvalue weighted by Gasteiger charge is -2.23. The van der Waals surface area contributed by atoms with E-state index in [0.29, 0.717) is 11.4 Å². The average Bonchev–Trinajstić information content (AvgIpc) is 3.09. The van der Waals surface area contributed by atoms with E-state index < -0.39 is 18.2 Å². The summed E-state index contributed by atoms with van der Waals surface area (Å²) in [7, 11) is 1.56. The minimum Gasteiger partial charge on any atom is -0.497 e. The lowest BCUT2D eigenvalue weighted by molar-refractivity contribution is -0.120. The molecular weight excluding hydrogens is 348 g/mol. The number of carbonyl (C=O) groups is 2. The van der Waals surface area contributed by atoms with Crippen molar-refractivity contribution in [1.29, 1.82) is 0 Å². The third-order valence-corrected chi connectivity index (χ3v) is 4.38. The number of benzene rings is 2. The second-order valence-corrected chi connectivity index (χ2v) is 6.32. The molecule has 1 aliphatic heterocycles. The molecule has 2 aromatic rings. The number of β-amino-alcohol motifs (C(OH)–C–C–N with tert-alkyl or cyclic N) is 1. The van der Waals surface area contributed by atoms with Gasteiger partial charge in [-0.1, -0.05) is 30.3 Å². The quantitative estimate of drug-likeness (QED) is 0.844. The van der Waals surface area contributed by atoms with Crippen molar-refractivity contribution >= 4 is 17.7 Å². The predicted molar refractivity (Wildman–Crippen MR) is 99.4 cm³/mol. The molecule has 2 N–H and O–H groups in total. The molecule has 7 nitrogen and oxygen atoms in total. The van der Waals surface area contributed by atoms with E-state index in [0.717, 1.165) is 5.56 Å². The monoisotopic (exact) mass is 370 g/mol. The molecule has 0 spiro atoms. The van der Waals surface area contributed by atoms with Gasteiger partial charge in [0.15, 0.2) is 0 Å². The van der Waals surface area contributed by atoms with Crippen molar-refractivity contribution in [1.82, 2.24) is 4.90 Å². The lowest BCUT2D eigenvalue weighted by atomic mass is 10.2. The van der Waals surface area contributed by atoms with Crippen LogP contribution in [0.15, 0.2) is 54.6 Å². The van der Waals surface area contributed by atoms with Gasteiger partial charge in [0.2, 0.25) is 5.91 Å². The molecule has 1 fully saturated rings. The summed E-state index contributed by atoms with van der Waals surface area (Å²) in [6.07, 6.45) is -1.21. The Hall–Kier alpha value is -3.06. The predicted octanol–water partition coefficient (Wildman–Crippen LogP) is 2.41. The van der Waals surface area contributed by atoms with Crippen molar-refractivity contribution in [2.24, 2.45) is 0 Å². The summed E-state index contributed by atoms with van der Waals surface area (Å²) >= 11 is 0. The summed E-state index contributed by atoms with van der Waals surface area (Å²) in [6, 6.07) is 15.4. The van der Waals surface area contributed by atoms with E-state index in [1.807, 2.05) is 30.3 Å². The van der Waals surface area contributed by atoms with Crippen molar-refractivity contribution in [2.75, 3.05) is 19.0 Å². The number of aliphatic hydroxyl groups is 1. The molecule has 0 aromatic heterocycles. The minimum atomic E-state index is -0.787. The maximum atomic E-state index is 12.6. The largest absolute Gasteiger partial charge is 0.497 e. The number of nitrogens with one attached hydrogen (secondary N) is 1. The molecule has 27 heavy (non-hydrogen) atoms. The summed E-state index contributed by atoms with van der Waals surface area (Å²) in [5.41, 5.74) is 1.43. The molecule has 1 saturated heterocycles. The maximum absolute atomic E-state index is 12.6. The highest BCUT2D eigenvalue weighted by atomic mass is 16.6. The van der Waals surface area contributed by atoms with Crippen molar-refractivity contribution in [3.63, 3.8) is 0 Å². The SMILES string of the molecule is COc1ccc(NC(=O)[C@H]2C[C@H](O)CN2C(=O)OCc2ccccc2)cc1. The van der Waals surface area contributed by atoms with E-state index in [-0.39, 0.29) is 25.5 Å². The molecule has 1 aliphatic rings. The van der Waals surface area contributed by atoms with E-state index in [1.165, 1.54) is 4.90 Å². The number of methoxy groups -OCH3 is 1. The topological polar surface area (TPSA) is 88.1 Å². The van der Waals surface area contributed by atoms with Crippen LogP contribution in [0.25, 0.3) is 0 Å². The Morgan fingerprint density at radius 1 is 1.15 bits per heavy atom. The van der Waals surface area contributed by atoms with Crippen molar-refractivity contribution in [3.05, 3.63) is 60.2 Å². The Labute approximate surface area is 157 Å². The van der Waals surface area contributed by atoms with Crippen molar-refractivity contribution in [3.8, 4) is 5.75 Å². The van der Waals surface area contributed by atoms with Crippen LogP contribution in [0.5, 0.6) is 5.75 Å². The third-order valence-electron chi connectivity index (χ3n) is 4.38.